The minimum atomic E-state index is -0.225. The van der Waals surface area contributed by atoms with Gasteiger partial charge in [-0.05, 0) is 12.5 Å². The molecule has 0 saturated carbocycles. The minimum absolute atomic E-state index is 0.225. The Labute approximate surface area is 54.8 Å². The second-order valence-corrected chi connectivity index (χ2v) is 2.55. The highest BCUT2D eigenvalue weighted by Crippen LogP contribution is 2.12. The molecule has 0 unspecified atom stereocenters. The third kappa shape index (κ3) is 1.63. The lowest BCUT2D eigenvalue weighted by molar-refractivity contribution is 0.0981. The predicted octanol–water partition coefficient (Wildman–Crippen LogP) is -0.154. The summed E-state index contributed by atoms with van der Waals surface area (Å²) in [5.74, 6) is 0.636. The molecule has 1 heterocycles. The first-order chi connectivity index (χ1) is 4.36. The second-order valence-electron chi connectivity index (χ2n) is 2.55. The van der Waals surface area contributed by atoms with Crippen molar-refractivity contribution in [2.75, 3.05) is 32.9 Å². The average Bonchev–Trinajstić information content (AvgIpc) is 1.77. The van der Waals surface area contributed by atoms with Gasteiger partial charge in [0.25, 0.3) is 0 Å². The summed E-state index contributed by atoms with van der Waals surface area (Å²) in [6.07, 6.45) is 0. The zero-order chi connectivity index (χ0) is 6.69. The fourth-order valence-electron chi connectivity index (χ4n) is 1.13. The van der Waals surface area contributed by atoms with Gasteiger partial charge in [-0.3, -0.25) is 4.90 Å². The first-order valence-corrected chi connectivity index (χ1v) is 3.35. The topological polar surface area (TPSA) is 29.3 Å². The Balaban J connectivity index is 1.98. The van der Waals surface area contributed by atoms with E-state index >= 15 is 0 Å². The lowest BCUT2D eigenvalue weighted by atomic mass is 10.0. The van der Waals surface area contributed by atoms with Crippen molar-refractivity contribution in [1.29, 1.82) is 0 Å². The van der Waals surface area contributed by atoms with Gasteiger partial charge in [-0.1, -0.05) is 0 Å². The molecule has 0 bridgehead atoms. The zero-order valence-corrected chi connectivity index (χ0v) is 5.52. The summed E-state index contributed by atoms with van der Waals surface area (Å²) in [5.41, 5.74) is 5.37. The van der Waals surface area contributed by atoms with Crippen LogP contribution in [-0.4, -0.2) is 37.8 Å². The number of alkyl halides is 1. The van der Waals surface area contributed by atoms with E-state index in [0.717, 1.165) is 19.6 Å². The molecular weight excluding hydrogens is 119 g/mol. The number of hydrogen-bond acceptors (Lipinski definition) is 2. The minimum Gasteiger partial charge on any atom is -0.330 e. The maximum absolute atomic E-state index is 11.6. The summed E-state index contributed by atoms with van der Waals surface area (Å²) in [7, 11) is 0. The van der Waals surface area contributed by atoms with Crippen LogP contribution in [0.3, 0.4) is 0 Å². The molecule has 2 N–H and O–H groups in total. The summed E-state index contributed by atoms with van der Waals surface area (Å²) in [5, 5.41) is 0. The first kappa shape index (κ1) is 6.96. The van der Waals surface area contributed by atoms with E-state index in [1.807, 2.05) is 0 Å². The molecule has 0 aliphatic carbocycles. The van der Waals surface area contributed by atoms with Crippen LogP contribution in [0.4, 0.5) is 4.39 Å². The zero-order valence-electron chi connectivity index (χ0n) is 5.52. The van der Waals surface area contributed by atoms with Crippen molar-refractivity contribution < 1.29 is 4.39 Å². The lowest BCUT2D eigenvalue weighted by Crippen LogP contribution is -2.50. The molecule has 54 valence electrons. The highest BCUT2D eigenvalue weighted by atomic mass is 19.1. The summed E-state index contributed by atoms with van der Waals surface area (Å²) >= 11 is 0. The van der Waals surface area contributed by atoms with Gasteiger partial charge in [0, 0.05) is 19.6 Å². The van der Waals surface area contributed by atoms with E-state index in [1.54, 1.807) is 0 Å². The van der Waals surface area contributed by atoms with Crippen molar-refractivity contribution in [3.63, 3.8) is 0 Å². The second kappa shape index (κ2) is 3.13. The van der Waals surface area contributed by atoms with E-state index in [0.29, 0.717) is 12.5 Å². The number of halogens is 1. The molecule has 0 aromatic carbocycles. The van der Waals surface area contributed by atoms with Gasteiger partial charge in [-0.2, -0.15) is 0 Å². The monoisotopic (exact) mass is 132 g/mol. The van der Waals surface area contributed by atoms with Gasteiger partial charge in [0.15, 0.2) is 0 Å². The van der Waals surface area contributed by atoms with E-state index in [1.165, 1.54) is 0 Å². The molecule has 0 radical (unpaired) electrons. The smallest absolute Gasteiger partial charge is 0.102 e. The number of nitrogens with zero attached hydrogens (tertiary/aromatic N) is 1. The Kier molecular flexibility index (Phi) is 2.42. The van der Waals surface area contributed by atoms with Gasteiger partial charge in [-0.15, -0.1) is 0 Å². The van der Waals surface area contributed by atoms with Gasteiger partial charge in [0.05, 0.1) is 0 Å². The SMILES string of the molecule is NCC1CN(CCF)C1. The van der Waals surface area contributed by atoms with Crippen LogP contribution in [0.2, 0.25) is 0 Å². The molecule has 9 heavy (non-hydrogen) atoms. The Bertz CT molecular complexity index is 81.1. The fourth-order valence-corrected chi connectivity index (χ4v) is 1.13. The van der Waals surface area contributed by atoms with E-state index < -0.39 is 0 Å². The molecule has 1 saturated heterocycles. The highest BCUT2D eigenvalue weighted by molar-refractivity contribution is 4.79. The summed E-state index contributed by atoms with van der Waals surface area (Å²) in [6.45, 7) is 3.12. The first-order valence-electron chi connectivity index (χ1n) is 3.35. The Hall–Kier alpha value is -0.150. The van der Waals surface area contributed by atoms with Crippen molar-refractivity contribution in [2.45, 2.75) is 0 Å². The molecule has 1 aliphatic rings. The van der Waals surface area contributed by atoms with E-state index in [9.17, 15) is 4.39 Å². The van der Waals surface area contributed by atoms with Crippen LogP contribution in [0.15, 0.2) is 0 Å². The molecule has 1 rings (SSSR count). The van der Waals surface area contributed by atoms with Crippen LogP contribution in [0.25, 0.3) is 0 Å². The summed E-state index contributed by atoms with van der Waals surface area (Å²) < 4.78 is 11.6. The maximum Gasteiger partial charge on any atom is 0.102 e. The molecule has 3 heteroatoms. The quantitative estimate of drug-likeness (QED) is 0.578. The van der Waals surface area contributed by atoms with Crippen LogP contribution in [0.5, 0.6) is 0 Å². The normalized spacial score (nSPS) is 22.0. The number of rotatable bonds is 3. The third-order valence-corrected chi connectivity index (χ3v) is 1.77. The van der Waals surface area contributed by atoms with Gasteiger partial charge < -0.3 is 5.73 Å². The Morgan fingerprint density at radius 1 is 1.56 bits per heavy atom. The van der Waals surface area contributed by atoms with Gasteiger partial charge in [-0.25, -0.2) is 4.39 Å². The molecule has 0 aromatic rings. The van der Waals surface area contributed by atoms with Crippen molar-refractivity contribution in [3.05, 3.63) is 0 Å². The fraction of sp³-hybridized carbons (Fsp3) is 1.00. The lowest BCUT2D eigenvalue weighted by Gasteiger charge is -2.37. The summed E-state index contributed by atoms with van der Waals surface area (Å²) in [6, 6.07) is 0. The van der Waals surface area contributed by atoms with Crippen LogP contribution >= 0.6 is 0 Å². The van der Waals surface area contributed by atoms with Crippen molar-refractivity contribution in [1.82, 2.24) is 4.90 Å². The van der Waals surface area contributed by atoms with Crippen LogP contribution in [0.1, 0.15) is 0 Å². The predicted molar refractivity (Wildman–Crippen MR) is 35.0 cm³/mol. The van der Waals surface area contributed by atoms with Gasteiger partial charge in [0.2, 0.25) is 0 Å². The number of hydrogen-bond donors (Lipinski definition) is 1. The van der Waals surface area contributed by atoms with E-state index in [4.69, 9.17) is 5.73 Å². The molecule has 0 spiro atoms. The van der Waals surface area contributed by atoms with Gasteiger partial charge >= 0.3 is 0 Å². The molecule has 0 amide bonds. The number of likely N-dealkylation sites (tertiary alicyclic amines) is 1. The molecule has 1 aliphatic heterocycles. The van der Waals surface area contributed by atoms with Crippen molar-refractivity contribution in [2.24, 2.45) is 11.7 Å². The van der Waals surface area contributed by atoms with E-state index in [2.05, 4.69) is 4.90 Å². The van der Waals surface area contributed by atoms with Crippen LogP contribution < -0.4 is 5.73 Å². The summed E-state index contributed by atoms with van der Waals surface area (Å²) in [4.78, 5) is 2.08. The molecule has 0 aromatic heterocycles. The van der Waals surface area contributed by atoms with E-state index in [-0.39, 0.29) is 6.67 Å². The number of nitrogens with two attached hydrogens (primary N) is 1. The molecule has 2 nitrogen and oxygen atoms in total. The Morgan fingerprint density at radius 3 is 2.67 bits per heavy atom. The largest absolute Gasteiger partial charge is 0.330 e. The van der Waals surface area contributed by atoms with Crippen LogP contribution in [-0.2, 0) is 0 Å². The van der Waals surface area contributed by atoms with Gasteiger partial charge in [0.1, 0.15) is 6.67 Å². The average molecular weight is 132 g/mol. The third-order valence-electron chi connectivity index (χ3n) is 1.77. The van der Waals surface area contributed by atoms with Crippen molar-refractivity contribution >= 4 is 0 Å². The Morgan fingerprint density at radius 2 is 2.22 bits per heavy atom. The van der Waals surface area contributed by atoms with Crippen molar-refractivity contribution in [3.8, 4) is 0 Å². The highest BCUT2D eigenvalue weighted by Gasteiger charge is 2.23. The molecular formula is C6H13FN2. The maximum atomic E-state index is 11.6. The molecule has 1 fully saturated rings. The van der Waals surface area contributed by atoms with Crippen LogP contribution in [0, 0.1) is 5.92 Å². The molecule has 0 atom stereocenters. The standard InChI is InChI=1S/C6H13FN2/c7-1-2-9-4-6(3-8)5-9/h6H,1-5,8H2.